The average molecular weight is 206 g/mol. The van der Waals surface area contributed by atoms with Gasteiger partial charge >= 0.3 is 0 Å². The van der Waals surface area contributed by atoms with Crippen molar-refractivity contribution in [2.45, 2.75) is 0 Å². The van der Waals surface area contributed by atoms with Crippen LogP contribution in [0.2, 0.25) is 0 Å². The molecule has 0 saturated heterocycles. The number of ether oxygens (including phenoxy) is 1. The highest BCUT2D eigenvalue weighted by atomic mass is 19.1. The van der Waals surface area contributed by atoms with E-state index in [4.69, 9.17) is 10.5 Å². The summed E-state index contributed by atoms with van der Waals surface area (Å²) in [6, 6.07) is 6.08. The highest BCUT2D eigenvalue weighted by Crippen LogP contribution is 2.30. The summed E-state index contributed by atoms with van der Waals surface area (Å²) in [4.78, 5) is 2.95. The number of aromatic amines is 1. The van der Waals surface area contributed by atoms with E-state index in [9.17, 15) is 4.39 Å². The van der Waals surface area contributed by atoms with Gasteiger partial charge in [-0.15, -0.1) is 0 Å². The van der Waals surface area contributed by atoms with Crippen molar-refractivity contribution in [2.75, 3.05) is 12.8 Å². The molecule has 4 heteroatoms. The lowest BCUT2D eigenvalue weighted by Gasteiger charge is -2.06. The SMILES string of the molecule is COc1ccc(F)cc1-c1cc(N)c[nH]1. The molecule has 2 rings (SSSR count). The predicted molar refractivity (Wildman–Crippen MR) is 57.2 cm³/mol. The number of aromatic nitrogens is 1. The van der Waals surface area contributed by atoms with E-state index in [1.54, 1.807) is 25.4 Å². The molecule has 1 aromatic carbocycles. The number of methoxy groups -OCH3 is 1. The molecule has 0 radical (unpaired) electrons. The number of halogens is 1. The van der Waals surface area contributed by atoms with E-state index in [2.05, 4.69) is 4.98 Å². The Morgan fingerprint density at radius 3 is 2.73 bits per heavy atom. The third-order valence-electron chi connectivity index (χ3n) is 2.16. The number of hydrogen-bond acceptors (Lipinski definition) is 2. The zero-order chi connectivity index (χ0) is 10.8. The van der Waals surface area contributed by atoms with Gasteiger partial charge in [0.05, 0.1) is 12.8 Å². The Hall–Kier alpha value is -1.97. The van der Waals surface area contributed by atoms with Gasteiger partial charge in [0.2, 0.25) is 0 Å². The molecule has 15 heavy (non-hydrogen) atoms. The molecular weight excluding hydrogens is 195 g/mol. The van der Waals surface area contributed by atoms with E-state index in [1.165, 1.54) is 12.1 Å². The minimum absolute atomic E-state index is 0.307. The molecule has 0 unspecified atom stereocenters. The first-order chi connectivity index (χ1) is 7.20. The van der Waals surface area contributed by atoms with Gasteiger partial charge in [-0.1, -0.05) is 0 Å². The van der Waals surface area contributed by atoms with Crippen LogP contribution < -0.4 is 10.5 Å². The molecule has 1 heterocycles. The van der Waals surface area contributed by atoms with Crippen LogP contribution in [-0.4, -0.2) is 12.1 Å². The summed E-state index contributed by atoms with van der Waals surface area (Å²) in [5.41, 5.74) is 7.59. The van der Waals surface area contributed by atoms with Crippen LogP contribution >= 0.6 is 0 Å². The van der Waals surface area contributed by atoms with E-state index in [1.807, 2.05) is 0 Å². The molecule has 0 aliphatic heterocycles. The van der Waals surface area contributed by atoms with Crippen LogP contribution in [0.4, 0.5) is 10.1 Å². The molecule has 3 nitrogen and oxygen atoms in total. The molecule has 3 N–H and O–H groups in total. The fourth-order valence-electron chi connectivity index (χ4n) is 1.46. The van der Waals surface area contributed by atoms with E-state index in [0.717, 1.165) is 5.69 Å². The molecule has 1 aromatic heterocycles. The third kappa shape index (κ3) is 1.79. The number of anilines is 1. The lowest BCUT2D eigenvalue weighted by atomic mass is 10.1. The van der Waals surface area contributed by atoms with Crippen molar-refractivity contribution >= 4 is 5.69 Å². The van der Waals surface area contributed by atoms with Gasteiger partial charge in [0.15, 0.2) is 0 Å². The van der Waals surface area contributed by atoms with E-state index in [-0.39, 0.29) is 5.82 Å². The highest BCUT2D eigenvalue weighted by Gasteiger charge is 2.08. The lowest BCUT2D eigenvalue weighted by Crippen LogP contribution is -1.89. The van der Waals surface area contributed by atoms with Crippen LogP contribution in [0.5, 0.6) is 5.75 Å². The van der Waals surface area contributed by atoms with Gasteiger partial charge in [-0.3, -0.25) is 0 Å². The van der Waals surface area contributed by atoms with Gasteiger partial charge in [-0.05, 0) is 24.3 Å². The van der Waals surface area contributed by atoms with Crippen LogP contribution in [0.1, 0.15) is 0 Å². The molecule has 78 valence electrons. The minimum atomic E-state index is -0.307. The lowest BCUT2D eigenvalue weighted by molar-refractivity contribution is 0.415. The van der Waals surface area contributed by atoms with E-state index < -0.39 is 0 Å². The van der Waals surface area contributed by atoms with Crippen LogP contribution in [-0.2, 0) is 0 Å². The van der Waals surface area contributed by atoms with Gasteiger partial charge < -0.3 is 15.5 Å². The number of benzene rings is 1. The standard InChI is InChI=1S/C11H11FN2O/c1-15-11-3-2-7(12)4-9(11)10-5-8(13)6-14-10/h2-6,14H,13H2,1H3. The Bertz CT molecular complexity index is 479. The van der Waals surface area contributed by atoms with Crippen LogP contribution in [0.25, 0.3) is 11.3 Å². The summed E-state index contributed by atoms with van der Waals surface area (Å²) < 4.78 is 18.2. The van der Waals surface area contributed by atoms with Crippen LogP contribution in [0.3, 0.4) is 0 Å². The molecule has 0 aliphatic rings. The normalized spacial score (nSPS) is 10.3. The van der Waals surface area contributed by atoms with Crippen molar-refractivity contribution in [1.82, 2.24) is 4.98 Å². The van der Waals surface area contributed by atoms with Crippen LogP contribution in [0.15, 0.2) is 30.5 Å². The Kier molecular flexibility index (Phi) is 2.33. The molecule has 2 aromatic rings. The quantitative estimate of drug-likeness (QED) is 0.792. The van der Waals surface area contributed by atoms with Gasteiger partial charge in [0.25, 0.3) is 0 Å². The van der Waals surface area contributed by atoms with Crippen molar-refractivity contribution in [1.29, 1.82) is 0 Å². The summed E-state index contributed by atoms with van der Waals surface area (Å²) in [6.07, 6.45) is 1.65. The average Bonchev–Trinajstić information content (AvgIpc) is 2.65. The van der Waals surface area contributed by atoms with Gasteiger partial charge in [-0.2, -0.15) is 0 Å². The van der Waals surface area contributed by atoms with E-state index in [0.29, 0.717) is 17.0 Å². The number of rotatable bonds is 2. The van der Waals surface area contributed by atoms with Gasteiger partial charge in [-0.25, -0.2) is 4.39 Å². The summed E-state index contributed by atoms with van der Waals surface area (Å²) in [5.74, 6) is 0.303. The first kappa shape index (κ1) is 9.58. The summed E-state index contributed by atoms with van der Waals surface area (Å²) in [5, 5.41) is 0. The smallest absolute Gasteiger partial charge is 0.128 e. The number of H-pyrrole nitrogens is 1. The summed E-state index contributed by atoms with van der Waals surface area (Å²) in [6.45, 7) is 0. The molecule has 0 saturated carbocycles. The molecule has 0 amide bonds. The maximum absolute atomic E-state index is 13.1. The predicted octanol–water partition coefficient (Wildman–Crippen LogP) is 2.41. The molecule has 0 atom stereocenters. The van der Waals surface area contributed by atoms with Crippen LogP contribution in [0, 0.1) is 5.82 Å². The van der Waals surface area contributed by atoms with Crippen molar-refractivity contribution in [2.24, 2.45) is 0 Å². The van der Waals surface area contributed by atoms with E-state index >= 15 is 0 Å². The molecule has 0 bridgehead atoms. The first-order valence-electron chi connectivity index (χ1n) is 4.48. The molecule has 0 spiro atoms. The Labute approximate surface area is 86.7 Å². The fourth-order valence-corrected chi connectivity index (χ4v) is 1.46. The highest BCUT2D eigenvalue weighted by molar-refractivity contribution is 5.70. The maximum atomic E-state index is 13.1. The van der Waals surface area contributed by atoms with Crippen molar-refractivity contribution in [3.63, 3.8) is 0 Å². The Morgan fingerprint density at radius 2 is 2.13 bits per heavy atom. The molecule has 0 fully saturated rings. The zero-order valence-electron chi connectivity index (χ0n) is 8.25. The first-order valence-corrected chi connectivity index (χ1v) is 4.48. The van der Waals surface area contributed by atoms with Crippen molar-refractivity contribution < 1.29 is 9.13 Å². The second kappa shape index (κ2) is 3.65. The minimum Gasteiger partial charge on any atom is -0.496 e. The summed E-state index contributed by atoms with van der Waals surface area (Å²) in [7, 11) is 1.54. The Balaban J connectivity index is 2.55. The molecular formula is C11H11FN2O. The number of nitrogens with one attached hydrogen (secondary N) is 1. The zero-order valence-corrected chi connectivity index (χ0v) is 8.25. The van der Waals surface area contributed by atoms with Crippen molar-refractivity contribution in [3.05, 3.63) is 36.3 Å². The maximum Gasteiger partial charge on any atom is 0.128 e. The van der Waals surface area contributed by atoms with Gasteiger partial charge in [0, 0.05) is 17.4 Å². The second-order valence-corrected chi connectivity index (χ2v) is 3.19. The molecule has 0 aliphatic carbocycles. The second-order valence-electron chi connectivity index (χ2n) is 3.19. The number of nitrogens with two attached hydrogens (primary N) is 1. The Morgan fingerprint density at radius 1 is 1.33 bits per heavy atom. The fraction of sp³-hybridized carbons (Fsp3) is 0.0909. The topological polar surface area (TPSA) is 51.0 Å². The third-order valence-corrected chi connectivity index (χ3v) is 2.16. The monoisotopic (exact) mass is 206 g/mol. The number of hydrogen-bond donors (Lipinski definition) is 2. The summed E-state index contributed by atoms with van der Waals surface area (Å²) >= 11 is 0. The largest absolute Gasteiger partial charge is 0.496 e. The number of nitrogen functional groups attached to an aromatic ring is 1. The van der Waals surface area contributed by atoms with Crippen molar-refractivity contribution in [3.8, 4) is 17.0 Å². The van der Waals surface area contributed by atoms with Gasteiger partial charge in [0.1, 0.15) is 11.6 Å².